The first-order valence-electron chi connectivity index (χ1n) is 4.83. The van der Waals surface area contributed by atoms with Crippen LogP contribution in [0, 0.1) is 0 Å². The summed E-state index contributed by atoms with van der Waals surface area (Å²) in [6.07, 6.45) is 1.77. The molecule has 0 rings (SSSR count). The summed E-state index contributed by atoms with van der Waals surface area (Å²) in [4.78, 5) is 13.7. The standard InChI is InChI=1S/C9H19NO5Si/c1-5-9(11)15-8-6-7-10-16(12-2,13-3)14-4/h5,10H,1,6-8H2,2-4H3. The van der Waals surface area contributed by atoms with Crippen molar-refractivity contribution in [2.45, 2.75) is 6.42 Å². The molecule has 0 saturated heterocycles. The van der Waals surface area contributed by atoms with Crippen LogP contribution in [0.4, 0.5) is 0 Å². The molecule has 0 aromatic carbocycles. The van der Waals surface area contributed by atoms with Crippen molar-refractivity contribution in [1.29, 1.82) is 0 Å². The van der Waals surface area contributed by atoms with Gasteiger partial charge in [-0.2, -0.15) is 0 Å². The molecule has 0 saturated carbocycles. The van der Waals surface area contributed by atoms with Crippen molar-refractivity contribution in [1.82, 2.24) is 4.98 Å². The summed E-state index contributed by atoms with van der Waals surface area (Å²) in [6.45, 7) is 4.19. The molecule has 0 unspecified atom stereocenters. The van der Waals surface area contributed by atoms with Gasteiger partial charge in [-0.15, -0.1) is 0 Å². The lowest BCUT2D eigenvalue weighted by Gasteiger charge is -2.24. The predicted octanol–water partition coefficient (Wildman–Crippen LogP) is 0.0701. The lowest BCUT2D eigenvalue weighted by Crippen LogP contribution is -2.57. The number of hydrogen-bond acceptors (Lipinski definition) is 6. The molecule has 0 aromatic heterocycles. The monoisotopic (exact) mass is 249 g/mol. The highest BCUT2D eigenvalue weighted by molar-refractivity contribution is 6.57. The summed E-state index contributed by atoms with van der Waals surface area (Å²) < 4.78 is 20.2. The second kappa shape index (κ2) is 8.42. The first-order valence-corrected chi connectivity index (χ1v) is 6.56. The zero-order valence-electron chi connectivity index (χ0n) is 9.95. The van der Waals surface area contributed by atoms with E-state index >= 15 is 0 Å². The zero-order valence-corrected chi connectivity index (χ0v) is 10.9. The molecule has 0 bridgehead atoms. The van der Waals surface area contributed by atoms with E-state index in [9.17, 15) is 4.79 Å². The molecule has 0 aromatic rings. The van der Waals surface area contributed by atoms with E-state index in [-0.39, 0.29) is 0 Å². The lowest BCUT2D eigenvalue weighted by atomic mass is 10.5. The molecule has 0 aliphatic rings. The van der Waals surface area contributed by atoms with E-state index < -0.39 is 14.9 Å². The number of carbonyl (C=O) groups is 1. The average molecular weight is 249 g/mol. The molecule has 94 valence electrons. The third-order valence-corrected chi connectivity index (χ3v) is 4.18. The van der Waals surface area contributed by atoms with E-state index in [4.69, 9.17) is 18.0 Å². The van der Waals surface area contributed by atoms with E-state index in [1.165, 1.54) is 21.3 Å². The van der Waals surface area contributed by atoms with Crippen LogP contribution in [0.1, 0.15) is 6.42 Å². The molecule has 0 aliphatic heterocycles. The second-order valence-electron chi connectivity index (χ2n) is 2.82. The molecule has 7 heteroatoms. The summed E-state index contributed by atoms with van der Waals surface area (Å²) in [5.74, 6) is -0.422. The maximum absolute atomic E-state index is 10.7. The average Bonchev–Trinajstić information content (AvgIpc) is 2.34. The van der Waals surface area contributed by atoms with Crippen LogP contribution in [-0.4, -0.2) is 49.4 Å². The van der Waals surface area contributed by atoms with Crippen LogP contribution in [-0.2, 0) is 22.8 Å². The van der Waals surface area contributed by atoms with Crippen molar-refractivity contribution in [2.75, 3.05) is 34.5 Å². The van der Waals surface area contributed by atoms with Gasteiger partial charge in [-0.25, -0.2) is 4.79 Å². The second-order valence-corrected chi connectivity index (χ2v) is 5.51. The van der Waals surface area contributed by atoms with Crippen molar-refractivity contribution in [3.05, 3.63) is 12.7 Å². The Labute approximate surface area is 97.0 Å². The number of esters is 1. The van der Waals surface area contributed by atoms with E-state index in [0.29, 0.717) is 19.6 Å². The fraction of sp³-hybridized carbons (Fsp3) is 0.667. The number of carbonyl (C=O) groups excluding carboxylic acids is 1. The highest BCUT2D eigenvalue weighted by Gasteiger charge is 2.38. The van der Waals surface area contributed by atoms with Crippen LogP contribution in [0.2, 0.25) is 0 Å². The van der Waals surface area contributed by atoms with Crippen molar-refractivity contribution in [2.24, 2.45) is 0 Å². The maximum Gasteiger partial charge on any atom is 0.595 e. The van der Waals surface area contributed by atoms with Gasteiger partial charge in [0.25, 0.3) is 0 Å². The van der Waals surface area contributed by atoms with Gasteiger partial charge in [0.15, 0.2) is 0 Å². The van der Waals surface area contributed by atoms with Crippen LogP contribution in [0.3, 0.4) is 0 Å². The largest absolute Gasteiger partial charge is 0.595 e. The van der Waals surface area contributed by atoms with Gasteiger partial charge in [0.2, 0.25) is 0 Å². The SMILES string of the molecule is C=CC(=O)OCCCN[Si](OC)(OC)OC. The Morgan fingerprint density at radius 2 is 1.88 bits per heavy atom. The van der Waals surface area contributed by atoms with Crippen LogP contribution in [0.5, 0.6) is 0 Å². The predicted molar refractivity (Wildman–Crippen MR) is 60.6 cm³/mol. The van der Waals surface area contributed by atoms with E-state index in [1.807, 2.05) is 0 Å². The minimum Gasteiger partial charge on any atom is -0.462 e. The lowest BCUT2D eigenvalue weighted by molar-refractivity contribution is -0.137. The third-order valence-electron chi connectivity index (χ3n) is 1.88. The van der Waals surface area contributed by atoms with E-state index in [2.05, 4.69) is 11.6 Å². The molecule has 0 atom stereocenters. The molecule has 6 nitrogen and oxygen atoms in total. The van der Waals surface area contributed by atoms with Gasteiger partial charge < -0.3 is 18.0 Å². The Hall–Kier alpha value is -0.733. The summed E-state index contributed by atoms with van der Waals surface area (Å²) >= 11 is 0. The molecule has 0 spiro atoms. The van der Waals surface area contributed by atoms with E-state index in [0.717, 1.165) is 6.08 Å². The number of hydrogen-bond donors (Lipinski definition) is 1. The molecule has 0 fully saturated rings. The smallest absolute Gasteiger partial charge is 0.462 e. The minimum absolute atomic E-state index is 0.319. The Morgan fingerprint density at radius 3 is 2.31 bits per heavy atom. The Kier molecular flexibility index (Phi) is 8.04. The van der Waals surface area contributed by atoms with Gasteiger partial charge in [0, 0.05) is 27.4 Å². The Morgan fingerprint density at radius 1 is 1.31 bits per heavy atom. The highest BCUT2D eigenvalue weighted by Crippen LogP contribution is 2.00. The minimum atomic E-state index is -2.71. The quantitative estimate of drug-likeness (QED) is 0.270. The summed E-state index contributed by atoms with van der Waals surface area (Å²) in [6, 6.07) is 0. The van der Waals surface area contributed by atoms with Gasteiger partial charge in [0.1, 0.15) is 0 Å². The van der Waals surface area contributed by atoms with Gasteiger partial charge in [-0.3, -0.25) is 4.98 Å². The summed E-state index contributed by atoms with van der Waals surface area (Å²) in [5.41, 5.74) is 0. The third kappa shape index (κ3) is 5.38. The van der Waals surface area contributed by atoms with Crippen LogP contribution in [0.15, 0.2) is 12.7 Å². The van der Waals surface area contributed by atoms with Crippen molar-refractivity contribution < 1.29 is 22.8 Å². The van der Waals surface area contributed by atoms with Gasteiger partial charge >= 0.3 is 14.9 Å². The fourth-order valence-corrected chi connectivity index (χ4v) is 2.43. The number of ether oxygens (including phenoxy) is 1. The molecule has 1 N–H and O–H groups in total. The van der Waals surface area contributed by atoms with E-state index in [1.54, 1.807) is 0 Å². The maximum atomic E-state index is 10.7. The molecule has 0 heterocycles. The van der Waals surface area contributed by atoms with Gasteiger partial charge in [0.05, 0.1) is 6.61 Å². The Balaban J connectivity index is 3.71. The molecule has 0 radical (unpaired) electrons. The number of rotatable bonds is 9. The molecule has 16 heavy (non-hydrogen) atoms. The van der Waals surface area contributed by atoms with Crippen LogP contribution >= 0.6 is 0 Å². The highest BCUT2D eigenvalue weighted by atomic mass is 28.4. The zero-order chi connectivity index (χ0) is 12.4. The molecular formula is C9H19NO5Si. The van der Waals surface area contributed by atoms with Crippen molar-refractivity contribution >= 4 is 14.9 Å². The van der Waals surface area contributed by atoms with Gasteiger partial charge in [-0.1, -0.05) is 6.58 Å². The van der Waals surface area contributed by atoms with Crippen molar-refractivity contribution in [3.63, 3.8) is 0 Å². The van der Waals surface area contributed by atoms with Crippen LogP contribution in [0.25, 0.3) is 0 Å². The first kappa shape index (κ1) is 15.3. The normalized spacial score (nSPS) is 11.2. The van der Waals surface area contributed by atoms with Gasteiger partial charge in [-0.05, 0) is 13.0 Å². The fourth-order valence-electron chi connectivity index (χ4n) is 1.01. The molecule has 0 aliphatic carbocycles. The summed E-state index contributed by atoms with van der Waals surface area (Å²) in [5, 5.41) is 0. The van der Waals surface area contributed by atoms with Crippen molar-refractivity contribution in [3.8, 4) is 0 Å². The Bertz CT molecular complexity index is 212. The number of nitrogens with one attached hydrogen (secondary N) is 1. The first-order chi connectivity index (χ1) is 7.64. The molecular weight excluding hydrogens is 230 g/mol. The topological polar surface area (TPSA) is 66.0 Å². The summed E-state index contributed by atoms with van der Waals surface area (Å²) in [7, 11) is 1.84. The molecule has 0 amide bonds. The van der Waals surface area contributed by atoms with Crippen LogP contribution < -0.4 is 4.98 Å².